The van der Waals surface area contributed by atoms with Gasteiger partial charge < -0.3 is 10.6 Å². The van der Waals surface area contributed by atoms with Crippen LogP contribution < -0.4 is 16.1 Å². The Morgan fingerprint density at radius 1 is 1.46 bits per heavy atom. The molecule has 13 heavy (non-hydrogen) atoms. The van der Waals surface area contributed by atoms with Crippen molar-refractivity contribution in [3.63, 3.8) is 0 Å². The molecule has 0 aromatic heterocycles. The molecule has 1 aliphatic heterocycles. The van der Waals surface area contributed by atoms with Gasteiger partial charge in [-0.05, 0) is 18.2 Å². The van der Waals surface area contributed by atoms with Crippen LogP contribution in [0.3, 0.4) is 0 Å². The van der Waals surface area contributed by atoms with E-state index in [1.807, 2.05) is 6.08 Å². The van der Waals surface area contributed by atoms with Crippen LogP contribution in [0.15, 0.2) is 24.4 Å². The fraction of sp³-hybridized carbons (Fsp3) is 0. The molecule has 1 heterocycles. The van der Waals surface area contributed by atoms with Crippen molar-refractivity contribution in [2.75, 3.05) is 0 Å². The lowest BCUT2D eigenvalue weighted by Gasteiger charge is -2.12. The summed E-state index contributed by atoms with van der Waals surface area (Å²) < 4.78 is 0. The number of carbonyl (C=O) groups is 1. The van der Waals surface area contributed by atoms with Crippen LogP contribution in [-0.4, -0.2) is 5.91 Å². The lowest BCUT2D eigenvalue weighted by molar-refractivity contribution is 0.0999. The first-order chi connectivity index (χ1) is 6.27. The average Bonchev–Trinajstić information content (AvgIpc) is 2.17. The van der Waals surface area contributed by atoms with Crippen molar-refractivity contribution in [1.29, 1.82) is 0 Å². The zero-order valence-electron chi connectivity index (χ0n) is 6.78. The Labute approximate surface area is 74.9 Å². The van der Waals surface area contributed by atoms with E-state index in [1.54, 1.807) is 24.4 Å². The zero-order valence-corrected chi connectivity index (χ0v) is 6.78. The van der Waals surface area contributed by atoms with Crippen molar-refractivity contribution in [3.8, 4) is 5.75 Å². The number of hydrogen-bond donors (Lipinski definition) is 2. The van der Waals surface area contributed by atoms with Crippen molar-refractivity contribution >= 4 is 12.0 Å². The number of amides is 1. The molecule has 0 fully saturated rings. The highest BCUT2D eigenvalue weighted by atomic mass is 16.6. The Kier molecular flexibility index (Phi) is 1.66. The molecule has 1 aliphatic rings. The van der Waals surface area contributed by atoms with Crippen LogP contribution in [0, 0.1) is 0 Å². The quantitative estimate of drug-likeness (QED) is 0.660. The van der Waals surface area contributed by atoms with E-state index >= 15 is 0 Å². The summed E-state index contributed by atoms with van der Waals surface area (Å²) in [5.74, 6) is 0.153. The molecule has 4 heteroatoms. The first-order valence-corrected chi connectivity index (χ1v) is 3.80. The molecule has 3 N–H and O–H groups in total. The number of hydrogen-bond acceptors (Lipinski definition) is 3. The van der Waals surface area contributed by atoms with E-state index in [1.165, 1.54) is 0 Å². The fourth-order valence-electron chi connectivity index (χ4n) is 1.14. The maximum Gasteiger partial charge on any atom is 0.248 e. The van der Waals surface area contributed by atoms with E-state index < -0.39 is 5.91 Å². The highest BCUT2D eigenvalue weighted by Gasteiger charge is 2.08. The highest BCUT2D eigenvalue weighted by molar-refractivity contribution is 5.93. The number of hydroxylamine groups is 1. The van der Waals surface area contributed by atoms with E-state index in [9.17, 15) is 4.79 Å². The zero-order chi connectivity index (χ0) is 9.26. The summed E-state index contributed by atoms with van der Waals surface area (Å²) >= 11 is 0. The Hall–Kier alpha value is -1.97. The third-order valence-electron chi connectivity index (χ3n) is 1.80. The predicted octanol–water partition coefficient (Wildman–Crippen LogP) is 0.653. The number of nitrogens with two attached hydrogens (primary N) is 1. The van der Waals surface area contributed by atoms with E-state index in [-0.39, 0.29) is 0 Å². The second-order valence-electron chi connectivity index (χ2n) is 2.67. The Morgan fingerprint density at radius 3 is 3.08 bits per heavy atom. The molecule has 0 atom stereocenters. The number of nitrogens with one attached hydrogen (secondary N) is 1. The van der Waals surface area contributed by atoms with Gasteiger partial charge in [0.25, 0.3) is 0 Å². The first-order valence-electron chi connectivity index (χ1n) is 3.80. The average molecular weight is 176 g/mol. The smallest absolute Gasteiger partial charge is 0.248 e. The van der Waals surface area contributed by atoms with E-state index in [0.717, 1.165) is 5.56 Å². The molecule has 0 radical (unpaired) electrons. The monoisotopic (exact) mass is 176 g/mol. The summed E-state index contributed by atoms with van der Waals surface area (Å²) in [6.45, 7) is 0. The van der Waals surface area contributed by atoms with Gasteiger partial charge in [0, 0.05) is 17.3 Å². The minimum Gasteiger partial charge on any atom is -0.382 e. The van der Waals surface area contributed by atoms with Gasteiger partial charge in [-0.25, -0.2) is 5.48 Å². The third-order valence-corrected chi connectivity index (χ3v) is 1.80. The van der Waals surface area contributed by atoms with Crippen molar-refractivity contribution in [2.24, 2.45) is 5.73 Å². The standard InChI is InChI=1S/C9H8N2O2/c10-9(12)7-2-1-6-3-4-11-13-8(6)5-7/h1-5,11H,(H2,10,12). The number of rotatable bonds is 1. The second-order valence-corrected chi connectivity index (χ2v) is 2.67. The van der Waals surface area contributed by atoms with Crippen molar-refractivity contribution in [1.82, 2.24) is 5.48 Å². The fourth-order valence-corrected chi connectivity index (χ4v) is 1.14. The molecule has 66 valence electrons. The maximum atomic E-state index is 10.8. The largest absolute Gasteiger partial charge is 0.382 e. The topological polar surface area (TPSA) is 64.4 Å². The normalized spacial score (nSPS) is 12.6. The molecule has 2 rings (SSSR count). The minimum atomic E-state index is -0.457. The molecular weight excluding hydrogens is 168 g/mol. The molecule has 0 saturated heterocycles. The van der Waals surface area contributed by atoms with Gasteiger partial charge in [-0.15, -0.1) is 0 Å². The van der Waals surface area contributed by atoms with Crippen molar-refractivity contribution < 1.29 is 9.63 Å². The first kappa shape index (κ1) is 7.67. The number of carbonyl (C=O) groups excluding carboxylic acids is 1. The van der Waals surface area contributed by atoms with Crippen LogP contribution in [0.5, 0.6) is 5.75 Å². The lowest BCUT2D eigenvalue weighted by atomic mass is 10.1. The summed E-state index contributed by atoms with van der Waals surface area (Å²) in [5, 5.41) is 0. The van der Waals surface area contributed by atoms with Crippen LogP contribution in [0.1, 0.15) is 15.9 Å². The van der Waals surface area contributed by atoms with Crippen molar-refractivity contribution in [2.45, 2.75) is 0 Å². The number of fused-ring (bicyclic) bond motifs is 1. The molecule has 0 aliphatic carbocycles. The van der Waals surface area contributed by atoms with E-state index in [2.05, 4.69) is 5.48 Å². The molecule has 0 bridgehead atoms. The molecule has 1 aromatic rings. The molecule has 4 nitrogen and oxygen atoms in total. The highest BCUT2D eigenvalue weighted by Crippen LogP contribution is 2.22. The third kappa shape index (κ3) is 1.33. The van der Waals surface area contributed by atoms with E-state index in [4.69, 9.17) is 10.6 Å². The molecule has 1 amide bonds. The maximum absolute atomic E-state index is 10.8. The summed E-state index contributed by atoms with van der Waals surface area (Å²) in [7, 11) is 0. The SMILES string of the molecule is NC(=O)c1ccc2c(c1)ONC=C2. The Bertz CT molecular complexity index is 385. The van der Waals surface area contributed by atoms with Gasteiger partial charge in [-0.1, -0.05) is 6.07 Å². The van der Waals surface area contributed by atoms with Crippen LogP contribution in [0.2, 0.25) is 0 Å². The van der Waals surface area contributed by atoms with Crippen LogP contribution in [0.25, 0.3) is 6.08 Å². The minimum absolute atomic E-state index is 0.441. The summed E-state index contributed by atoms with van der Waals surface area (Å²) in [5.41, 5.74) is 9.05. The summed E-state index contributed by atoms with van der Waals surface area (Å²) in [6, 6.07) is 5.06. The van der Waals surface area contributed by atoms with Gasteiger partial charge in [0.05, 0.1) is 0 Å². The number of benzene rings is 1. The van der Waals surface area contributed by atoms with Gasteiger partial charge in [-0.3, -0.25) is 4.79 Å². The Balaban J connectivity index is 2.48. The van der Waals surface area contributed by atoms with Gasteiger partial charge in [0.1, 0.15) is 0 Å². The van der Waals surface area contributed by atoms with Crippen molar-refractivity contribution in [3.05, 3.63) is 35.5 Å². The molecule has 0 saturated carbocycles. The number of primary amides is 1. The van der Waals surface area contributed by atoms with Gasteiger partial charge in [0.2, 0.25) is 5.91 Å². The predicted molar refractivity (Wildman–Crippen MR) is 47.8 cm³/mol. The van der Waals surface area contributed by atoms with Gasteiger partial charge in [0.15, 0.2) is 5.75 Å². The summed E-state index contributed by atoms with van der Waals surface area (Å²) in [4.78, 5) is 15.9. The Morgan fingerprint density at radius 2 is 2.31 bits per heavy atom. The van der Waals surface area contributed by atoms with E-state index in [0.29, 0.717) is 11.3 Å². The molecule has 1 aromatic carbocycles. The van der Waals surface area contributed by atoms with Crippen LogP contribution in [-0.2, 0) is 0 Å². The lowest BCUT2D eigenvalue weighted by Crippen LogP contribution is -2.16. The van der Waals surface area contributed by atoms with Gasteiger partial charge >= 0.3 is 0 Å². The van der Waals surface area contributed by atoms with Crippen LogP contribution in [0.4, 0.5) is 0 Å². The molecule has 0 unspecified atom stereocenters. The molecular formula is C9H8N2O2. The second kappa shape index (κ2) is 2.82. The van der Waals surface area contributed by atoms with Gasteiger partial charge in [-0.2, -0.15) is 0 Å². The molecule has 0 spiro atoms. The van der Waals surface area contributed by atoms with Crippen LogP contribution >= 0.6 is 0 Å². The summed E-state index contributed by atoms with van der Waals surface area (Å²) in [6.07, 6.45) is 3.52.